The van der Waals surface area contributed by atoms with Crippen molar-refractivity contribution in [2.75, 3.05) is 5.73 Å². The summed E-state index contributed by atoms with van der Waals surface area (Å²) in [6.07, 6.45) is 0. The molecule has 6 heteroatoms. The van der Waals surface area contributed by atoms with Crippen LogP contribution in [0, 0.1) is 9.39 Å². The average Bonchev–Trinajstić information content (AvgIpc) is 2.46. The van der Waals surface area contributed by atoms with Crippen LogP contribution < -0.4 is 5.73 Å². The van der Waals surface area contributed by atoms with Gasteiger partial charge in [0.15, 0.2) is 5.82 Å². The van der Waals surface area contributed by atoms with Crippen LogP contribution in [-0.2, 0) is 7.05 Å². The van der Waals surface area contributed by atoms with Gasteiger partial charge in [0.1, 0.15) is 5.82 Å². The lowest BCUT2D eigenvalue weighted by Crippen LogP contribution is -1.97. The average molecular weight is 318 g/mol. The standard InChI is InChI=1S/C9H8FIN4/c1-15-9(12)13-8(14-15)6-3-2-5(10)4-7(6)11/h2-4H,1H3,(H2,12,13,14). The summed E-state index contributed by atoms with van der Waals surface area (Å²) < 4.78 is 15.1. The van der Waals surface area contributed by atoms with Crippen molar-refractivity contribution in [1.29, 1.82) is 0 Å². The Balaban J connectivity index is 2.54. The Labute approximate surface area is 99.4 Å². The molecule has 2 rings (SSSR count). The van der Waals surface area contributed by atoms with Crippen LogP contribution >= 0.6 is 22.6 Å². The predicted octanol–water partition coefficient (Wildman–Crippen LogP) is 1.81. The van der Waals surface area contributed by atoms with Crippen molar-refractivity contribution in [2.45, 2.75) is 0 Å². The van der Waals surface area contributed by atoms with Crippen molar-refractivity contribution >= 4 is 28.5 Å². The second-order valence-electron chi connectivity index (χ2n) is 3.04. The highest BCUT2D eigenvalue weighted by atomic mass is 127. The zero-order valence-electron chi connectivity index (χ0n) is 7.91. The molecule has 4 nitrogen and oxygen atoms in total. The van der Waals surface area contributed by atoms with Gasteiger partial charge in [-0.1, -0.05) is 0 Å². The quantitative estimate of drug-likeness (QED) is 0.816. The number of hydrogen-bond acceptors (Lipinski definition) is 3. The summed E-state index contributed by atoms with van der Waals surface area (Å²) in [6.45, 7) is 0. The maximum atomic E-state index is 12.9. The maximum Gasteiger partial charge on any atom is 0.218 e. The van der Waals surface area contributed by atoms with E-state index in [-0.39, 0.29) is 5.82 Å². The van der Waals surface area contributed by atoms with Crippen LogP contribution in [0.15, 0.2) is 18.2 Å². The first-order valence-corrected chi connectivity index (χ1v) is 5.28. The summed E-state index contributed by atoms with van der Waals surface area (Å²) in [4.78, 5) is 4.07. The van der Waals surface area contributed by atoms with Gasteiger partial charge < -0.3 is 5.73 Å². The second-order valence-corrected chi connectivity index (χ2v) is 4.20. The number of benzene rings is 1. The Kier molecular flexibility index (Phi) is 2.59. The number of nitrogen functional groups attached to an aromatic ring is 1. The zero-order valence-corrected chi connectivity index (χ0v) is 10.1. The molecule has 0 radical (unpaired) electrons. The van der Waals surface area contributed by atoms with E-state index in [1.807, 2.05) is 22.6 Å². The van der Waals surface area contributed by atoms with E-state index in [9.17, 15) is 4.39 Å². The number of hydrogen-bond donors (Lipinski definition) is 1. The van der Waals surface area contributed by atoms with E-state index in [0.717, 1.165) is 9.13 Å². The largest absolute Gasteiger partial charge is 0.368 e. The van der Waals surface area contributed by atoms with Gasteiger partial charge in [0.05, 0.1) is 0 Å². The molecule has 15 heavy (non-hydrogen) atoms. The fourth-order valence-electron chi connectivity index (χ4n) is 1.18. The molecule has 78 valence electrons. The normalized spacial score (nSPS) is 10.6. The molecule has 0 aliphatic heterocycles. The van der Waals surface area contributed by atoms with Crippen LogP contribution in [0.25, 0.3) is 11.4 Å². The van der Waals surface area contributed by atoms with Crippen molar-refractivity contribution in [3.63, 3.8) is 0 Å². The van der Waals surface area contributed by atoms with Gasteiger partial charge in [-0.15, -0.1) is 5.10 Å². The van der Waals surface area contributed by atoms with E-state index in [0.29, 0.717) is 11.8 Å². The molecule has 2 aromatic rings. The third-order valence-corrected chi connectivity index (χ3v) is 2.86. The van der Waals surface area contributed by atoms with Gasteiger partial charge in [-0.2, -0.15) is 4.98 Å². The van der Waals surface area contributed by atoms with Gasteiger partial charge >= 0.3 is 0 Å². The minimum absolute atomic E-state index is 0.271. The number of nitrogens with zero attached hydrogens (tertiary/aromatic N) is 3. The molecule has 0 aliphatic carbocycles. The summed E-state index contributed by atoms with van der Waals surface area (Å²) in [5.74, 6) is 0.580. The molecule has 1 heterocycles. The summed E-state index contributed by atoms with van der Waals surface area (Å²) in [5, 5.41) is 4.12. The van der Waals surface area contributed by atoms with Crippen LogP contribution in [0.4, 0.5) is 10.3 Å². The Hall–Kier alpha value is -1.18. The molecular weight excluding hydrogens is 310 g/mol. The first kappa shape index (κ1) is 10.3. The molecule has 0 bridgehead atoms. The van der Waals surface area contributed by atoms with E-state index in [1.165, 1.54) is 16.8 Å². The fourth-order valence-corrected chi connectivity index (χ4v) is 1.90. The molecule has 2 N–H and O–H groups in total. The molecule has 0 aliphatic rings. The molecular formula is C9H8FIN4. The molecule has 0 saturated carbocycles. The highest BCUT2D eigenvalue weighted by Gasteiger charge is 2.10. The van der Waals surface area contributed by atoms with E-state index in [1.54, 1.807) is 13.1 Å². The number of halogens is 2. The minimum Gasteiger partial charge on any atom is -0.368 e. The number of aryl methyl sites for hydroxylation is 1. The number of anilines is 1. The highest BCUT2D eigenvalue weighted by Crippen LogP contribution is 2.23. The maximum absolute atomic E-state index is 12.9. The third kappa shape index (κ3) is 1.94. The summed E-state index contributed by atoms with van der Waals surface area (Å²) >= 11 is 2.04. The molecule has 1 aromatic carbocycles. The summed E-state index contributed by atoms with van der Waals surface area (Å²) in [7, 11) is 1.71. The summed E-state index contributed by atoms with van der Waals surface area (Å²) in [5.41, 5.74) is 6.35. The zero-order chi connectivity index (χ0) is 11.0. The van der Waals surface area contributed by atoms with E-state index in [2.05, 4.69) is 10.1 Å². The van der Waals surface area contributed by atoms with Gasteiger partial charge in [0.2, 0.25) is 5.95 Å². The van der Waals surface area contributed by atoms with Gasteiger partial charge in [-0.3, -0.25) is 0 Å². The summed E-state index contributed by atoms with van der Waals surface area (Å²) in [6, 6.07) is 4.46. The predicted molar refractivity (Wildman–Crippen MR) is 63.5 cm³/mol. The third-order valence-electron chi connectivity index (χ3n) is 1.97. The Morgan fingerprint density at radius 1 is 1.47 bits per heavy atom. The van der Waals surface area contributed by atoms with Crippen LogP contribution in [0.5, 0.6) is 0 Å². The SMILES string of the molecule is Cn1nc(-c2ccc(F)cc2I)nc1N. The number of rotatable bonds is 1. The fraction of sp³-hybridized carbons (Fsp3) is 0.111. The van der Waals surface area contributed by atoms with Crippen LogP contribution in [-0.4, -0.2) is 14.8 Å². The van der Waals surface area contributed by atoms with Crippen molar-refractivity contribution in [1.82, 2.24) is 14.8 Å². The lowest BCUT2D eigenvalue weighted by Gasteiger charge is -1.98. The van der Waals surface area contributed by atoms with Gasteiger partial charge in [0.25, 0.3) is 0 Å². The molecule has 0 saturated heterocycles. The monoisotopic (exact) mass is 318 g/mol. The molecule has 0 fully saturated rings. The van der Waals surface area contributed by atoms with Crippen LogP contribution in [0.2, 0.25) is 0 Å². The number of aromatic nitrogens is 3. The van der Waals surface area contributed by atoms with Gasteiger partial charge in [0, 0.05) is 16.2 Å². The van der Waals surface area contributed by atoms with Gasteiger partial charge in [-0.25, -0.2) is 9.07 Å². The molecule has 0 amide bonds. The lowest BCUT2D eigenvalue weighted by atomic mass is 10.2. The van der Waals surface area contributed by atoms with Crippen molar-refractivity contribution in [2.24, 2.45) is 7.05 Å². The van der Waals surface area contributed by atoms with E-state index < -0.39 is 0 Å². The molecule has 0 unspecified atom stereocenters. The Morgan fingerprint density at radius 3 is 2.73 bits per heavy atom. The van der Waals surface area contributed by atoms with Crippen molar-refractivity contribution < 1.29 is 4.39 Å². The lowest BCUT2D eigenvalue weighted by molar-refractivity contribution is 0.627. The molecule has 0 spiro atoms. The Morgan fingerprint density at radius 2 is 2.20 bits per heavy atom. The van der Waals surface area contributed by atoms with Crippen LogP contribution in [0.1, 0.15) is 0 Å². The smallest absolute Gasteiger partial charge is 0.218 e. The second kappa shape index (κ2) is 3.76. The topological polar surface area (TPSA) is 56.7 Å². The van der Waals surface area contributed by atoms with E-state index >= 15 is 0 Å². The minimum atomic E-state index is -0.271. The van der Waals surface area contributed by atoms with Crippen molar-refractivity contribution in [3.8, 4) is 11.4 Å². The highest BCUT2D eigenvalue weighted by molar-refractivity contribution is 14.1. The van der Waals surface area contributed by atoms with Crippen molar-refractivity contribution in [3.05, 3.63) is 27.6 Å². The number of nitrogens with two attached hydrogens (primary N) is 1. The first-order valence-electron chi connectivity index (χ1n) is 4.20. The first-order chi connectivity index (χ1) is 7.08. The van der Waals surface area contributed by atoms with Crippen LogP contribution in [0.3, 0.4) is 0 Å². The molecule has 0 atom stereocenters. The molecule has 1 aromatic heterocycles. The van der Waals surface area contributed by atoms with E-state index in [4.69, 9.17) is 5.73 Å². The van der Waals surface area contributed by atoms with Gasteiger partial charge in [-0.05, 0) is 40.8 Å². The Bertz CT molecular complexity index is 489.